The molecule has 0 fully saturated rings. The highest BCUT2D eigenvalue weighted by Crippen LogP contribution is 2.28. The van der Waals surface area contributed by atoms with E-state index in [1.165, 1.54) is 0 Å². The molecule has 0 radical (unpaired) electrons. The third kappa shape index (κ3) is 1.79. The Bertz CT molecular complexity index is 606. The molecule has 1 aromatic carbocycles. The lowest BCUT2D eigenvalue weighted by Crippen LogP contribution is -2.04. The summed E-state index contributed by atoms with van der Waals surface area (Å²) in [4.78, 5) is 0.261. The van der Waals surface area contributed by atoms with Crippen LogP contribution in [0.1, 0.15) is 6.92 Å². The zero-order chi connectivity index (χ0) is 11.1. The highest BCUT2D eigenvalue weighted by Gasteiger charge is 2.18. The second kappa shape index (κ2) is 3.80. The van der Waals surface area contributed by atoms with Crippen molar-refractivity contribution in [3.05, 3.63) is 16.6 Å². The number of nitrogens with zero attached hydrogens (tertiary/aromatic N) is 2. The molecule has 0 aliphatic carbocycles. The molecule has 0 aliphatic rings. The summed E-state index contributed by atoms with van der Waals surface area (Å²) in [5, 5.41) is 0. The molecule has 0 atom stereocenters. The molecule has 0 aliphatic heterocycles. The largest absolute Gasteiger partial charge is 0.224 e. The van der Waals surface area contributed by atoms with Crippen molar-refractivity contribution in [1.82, 2.24) is 8.75 Å². The number of benzene rings is 1. The number of halogens is 1. The Labute approximate surface area is 99.7 Å². The Morgan fingerprint density at radius 2 is 2.00 bits per heavy atom. The van der Waals surface area contributed by atoms with Crippen LogP contribution < -0.4 is 0 Å². The van der Waals surface area contributed by atoms with Crippen molar-refractivity contribution in [1.29, 1.82) is 0 Å². The quantitative estimate of drug-likeness (QED) is 0.854. The summed E-state index contributed by atoms with van der Waals surface area (Å²) in [7, 11) is -3.23. The monoisotopic (exact) mass is 306 g/mol. The van der Waals surface area contributed by atoms with Gasteiger partial charge in [0, 0.05) is 4.47 Å². The number of hydrogen-bond donors (Lipinski definition) is 0. The SMILES string of the molecule is CCS(=O)(=O)c1ccc(Br)c2nsnc12. The Morgan fingerprint density at radius 1 is 1.33 bits per heavy atom. The minimum Gasteiger partial charge on any atom is -0.224 e. The normalized spacial score (nSPS) is 12.1. The van der Waals surface area contributed by atoms with Crippen molar-refractivity contribution >= 4 is 48.5 Å². The van der Waals surface area contributed by atoms with Crippen molar-refractivity contribution in [3.63, 3.8) is 0 Å². The van der Waals surface area contributed by atoms with Crippen molar-refractivity contribution < 1.29 is 8.42 Å². The van der Waals surface area contributed by atoms with Crippen molar-refractivity contribution in [3.8, 4) is 0 Å². The second-order valence-electron chi connectivity index (χ2n) is 2.91. The van der Waals surface area contributed by atoms with Crippen LogP contribution in [0.2, 0.25) is 0 Å². The van der Waals surface area contributed by atoms with Gasteiger partial charge < -0.3 is 0 Å². The fraction of sp³-hybridized carbons (Fsp3) is 0.250. The van der Waals surface area contributed by atoms with Crippen molar-refractivity contribution in [2.24, 2.45) is 0 Å². The summed E-state index contributed by atoms with van der Waals surface area (Å²) in [5.74, 6) is 0.0707. The summed E-state index contributed by atoms with van der Waals surface area (Å²) in [6, 6.07) is 3.25. The first-order chi connectivity index (χ1) is 7.06. The van der Waals surface area contributed by atoms with E-state index in [0.717, 1.165) is 16.2 Å². The number of rotatable bonds is 2. The Balaban J connectivity index is 2.84. The van der Waals surface area contributed by atoms with Gasteiger partial charge in [-0.25, -0.2) is 8.42 Å². The number of hydrogen-bond acceptors (Lipinski definition) is 5. The van der Waals surface area contributed by atoms with Crippen LogP contribution in [-0.4, -0.2) is 22.9 Å². The van der Waals surface area contributed by atoms with Crippen LogP contribution in [0, 0.1) is 0 Å². The molecule has 0 saturated heterocycles. The van der Waals surface area contributed by atoms with Gasteiger partial charge in [-0.3, -0.25) is 0 Å². The van der Waals surface area contributed by atoms with Crippen molar-refractivity contribution in [2.45, 2.75) is 11.8 Å². The summed E-state index contributed by atoms with van der Waals surface area (Å²) < 4.78 is 32.3. The molecule has 0 amide bonds. The minimum absolute atomic E-state index is 0.0707. The fourth-order valence-electron chi connectivity index (χ4n) is 1.22. The van der Waals surface area contributed by atoms with Gasteiger partial charge >= 0.3 is 0 Å². The van der Waals surface area contributed by atoms with Gasteiger partial charge in [-0.2, -0.15) is 8.75 Å². The van der Waals surface area contributed by atoms with E-state index in [2.05, 4.69) is 24.7 Å². The first-order valence-corrected chi connectivity index (χ1v) is 7.37. The van der Waals surface area contributed by atoms with Crippen LogP contribution >= 0.6 is 27.7 Å². The van der Waals surface area contributed by atoms with Crippen LogP contribution in [0.3, 0.4) is 0 Å². The molecule has 1 heterocycles. The molecule has 4 nitrogen and oxygen atoms in total. The third-order valence-electron chi connectivity index (χ3n) is 2.04. The van der Waals surface area contributed by atoms with Gasteiger partial charge in [0.15, 0.2) is 9.84 Å². The van der Waals surface area contributed by atoms with Crippen LogP contribution in [-0.2, 0) is 9.84 Å². The number of aromatic nitrogens is 2. The molecular formula is C8H7BrN2O2S2. The molecule has 0 unspecified atom stereocenters. The first kappa shape index (κ1) is 11.0. The Morgan fingerprint density at radius 3 is 2.67 bits per heavy atom. The van der Waals surface area contributed by atoms with E-state index in [4.69, 9.17) is 0 Å². The standard InChI is InChI=1S/C8H7BrN2O2S2/c1-2-15(12,13)6-4-3-5(9)7-8(6)11-14-10-7/h3-4H,2H2,1H3. The smallest absolute Gasteiger partial charge is 0.180 e. The Hall–Kier alpha value is -0.530. The number of fused-ring (bicyclic) bond motifs is 1. The molecule has 0 saturated carbocycles. The van der Waals surface area contributed by atoms with E-state index < -0.39 is 9.84 Å². The minimum atomic E-state index is -3.23. The number of sulfone groups is 1. The summed E-state index contributed by atoms with van der Waals surface area (Å²) >= 11 is 4.32. The van der Waals surface area contributed by atoms with E-state index >= 15 is 0 Å². The second-order valence-corrected chi connectivity index (χ2v) is 6.54. The van der Waals surface area contributed by atoms with E-state index in [1.54, 1.807) is 19.1 Å². The molecule has 0 bridgehead atoms. The van der Waals surface area contributed by atoms with Gasteiger partial charge in [-0.15, -0.1) is 0 Å². The zero-order valence-electron chi connectivity index (χ0n) is 7.77. The lowest BCUT2D eigenvalue weighted by Gasteiger charge is -2.01. The lowest BCUT2D eigenvalue weighted by molar-refractivity contribution is 0.598. The molecule has 7 heteroatoms. The topological polar surface area (TPSA) is 59.9 Å². The van der Waals surface area contributed by atoms with Crippen LogP contribution in [0.5, 0.6) is 0 Å². The van der Waals surface area contributed by atoms with Gasteiger partial charge in [0.1, 0.15) is 11.0 Å². The maximum atomic E-state index is 11.7. The maximum Gasteiger partial charge on any atom is 0.180 e. The van der Waals surface area contributed by atoms with Crippen LogP contribution in [0.25, 0.3) is 11.0 Å². The van der Waals surface area contributed by atoms with Gasteiger partial charge in [0.05, 0.1) is 22.4 Å². The third-order valence-corrected chi connectivity index (χ3v) is 4.97. The summed E-state index contributed by atoms with van der Waals surface area (Å²) in [5.41, 5.74) is 1.06. The van der Waals surface area contributed by atoms with Gasteiger partial charge in [-0.05, 0) is 28.1 Å². The molecule has 15 heavy (non-hydrogen) atoms. The Kier molecular flexibility index (Phi) is 2.78. The average molecular weight is 307 g/mol. The van der Waals surface area contributed by atoms with E-state index in [1.807, 2.05) is 0 Å². The highest BCUT2D eigenvalue weighted by atomic mass is 79.9. The molecule has 2 aromatic rings. The molecule has 0 spiro atoms. The van der Waals surface area contributed by atoms with Gasteiger partial charge in [0.25, 0.3) is 0 Å². The van der Waals surface area contributed by atoms with Gasteiger partial charge in [-0.1, -0.05) is 6.92 Å². The molecule has 0 N–H and O–H groups in total. The van der Waals surface area contributed by atoms with E-state index in [-0.39, 0.29) is 10.6 Å². The first-order valence-electron chi connectivity index (χ1n) is 4.20. The molecule has 1 aromatic heterocycles. The van der Waals surface area contributed by atoms with E-state index in [0.29, 0.717) is 11.0 Å². The molecular weight excluding hydrogens is 300 g/mol. The fourth-order valence-corrected chi connectivity index (χ4v) is 3.40. The summed E-state index contributed by atoms with van der Waals surface area (Å²) in [6.07, 6.45) is 0. The van der Waals surface area contributed by atoms with Crippen molar-refractivity contribution in [2.75, 3.05) is 5.75 Å². The molecule has 80 valence electrons. The summed E-state index contributed by atoms with van der Waals surface area (Å²) in [6.45, 7) is 1.61. The zero-order valence-corrected chi connectivity index (χ0v) is 11.0. The predicted octanol–water partition coefficient (Wildman–Crippen LogP) is 2.25. The van der Waals surface area contributed by atoms with Crippen LogP contribution in [0.4, 0.5) is 0 Å². The van der Waals surface area contributed by atoms with Gasteiger partial charge in [0.2, 0.25) is 0 Å². The molecule has 2 rings (SSSR count). The lowest BCUT2D eigenvalue weighted by atomic mass is 10.3. The van der Waals surface area contributed by atoms with Crippen LogP contribution in [0.15, 0.2) is 21.5 Å². The van der Waals surface area contributed by atoms with E-state index in [9.17, 15) is 8.42 Å². The highest BCUT2D eigenvalue weighted by molar-refractivity contribution is 9.10. The predicted molar refractivity (Wildman–Crippen MR) is 62.8 cm³/mol. The maximum absolute atomic E-state index is 11.7. The average Bonchev–Trinajstić information content (AvgIpc) is 2.67.